The molecule has 1 aliphatic heterocycles. The van der Waals surface area contributed by atoms with Crippen molar-refractivity contribution < 1.29 is 18.3 Å². The number of amides is 1. The van der Waals surface area contributed by atoms with Crippen LogP contribution in [0.25, 0.3) is 22.3 Å². The Hall–Kier alpha value is -3.40. The highest BCUT2D eigenvalue weighted by atomic mass is 19.3. The molecule has 1 aliphatic rings. The monoisotopic (exact) mass is 442 g/mol. The number of aromatic nitrogens is 3. The summed E-state index contributed by atoms with van der Waals surface area (Å²) in [6.45, 7) is 0.540. The summed E-state index contributed by atoms with van der Waals surface area (Å²) in [7, 11) is 1.54. The summed E-state index contributed by atoms with van der Waals surface area (Å²) in [6, 6.07) is 8.90. The fourth-order valence-electron chi connectivity index (χ4n) is 3.51. The Morgan fingerprint density at radius 3 is 2.78 bits per heavy atom. The number of nitrogens with one attached hydrogen (secondary N) is 3. The molecule has 8 nitrogen and oxygen atoms in total. The zero-order chi connectivity index (χ0) is 22.6. The number of benzene rings is 1. The smallest absolute Gasteiger partial charge is 0.257 e. The maximum atomic E-state index is 14.2. The van der Waals surface area contributed by atoms with Crippen LogP contribution >= 0.6 is 0 Å². The van der Waals surface area contributed by atoms with Gasteiger partial charge >= 0.3 is 0 Å². The molecule has 10 heteroatoms. The largest absolute Gasteiger partial charge is 0.484 e. The van der Waals surface area contributed by atoms with Gasteiger partial charge in [-0.05, 0) is 30.3 Å². The Kier molecular flexibility index (Phi) is 6.40. The number of carbonyl (C=O) groups is 1. The van der Waals surface area contributed by atoms with Gasteiger partial charge in [0.05, 0.1) is 17.1 Å². The molecule has 168 valence electrons. The van der Waals surface area contributed by atoms with E-state index in [-0.39, 0.29) is 32.0 Å². The fourth-order valence-corrected chi connectivity index (χ4v) is 3.51. The molecule has 3 aromatic rings. The minimum absolute atomic E-state index is 0.0639. The Bertz CT molecular complexity index is 1090. The molecule has 0 bridgehead atoms. The van der Waals surface area contributed by atoms with Crippen LogP contribution in [0.1, 0.15) is 6.42 Å². The molecule has 1 fully saturated rings. The molecule has 0 unspecified atom stereocenters. The summed E-state index contributed by atoms with van der Waals surface area (Å²) in [5, 5.41) is 8.58. The third-order valence-electron chi connectivity index (χ3n) is 5.39. The van der Waals surface area contributed by atoms with Gasteiger partial charge in [-0.25, -0.2) is 18.7 Å². The Morgan fingerprint density at radius 2 is 2.03 bits per heavy atom. The third-order valence-corrected chi connectivity index (χ3v) is 5.39. The average molecular weight is 442 g/mol. The second-order valence-corrected chi connectivity index (χ2v) is 7.56. The van der Waals surface area contributed by atoms with Crippen LogP contribution in [0.5, 0.6) is 5.75 Å². The summed E-state index contributed by atoms with van der Waals surface area (Å²) in [6.07, 6.45) is 2.94. The van der Waals surface area contributed by atoms with Gasteiger partial charge in [-0.1, -0.05) is 0 Å². The molecule has 1 saturated heterocycles. The van der Waals surface area contributed by atoms with Gasteiger partial charge in [0.2, 0.25) is 0 Å². The molecule has 3 N–H and O–H groups in total. The van der Waals surface area contributed by atoms with Crippen LogP contribution in [0.4, 0.5) is 14.6 Å². The van der Waals surface area contributed by atoms with E-state index in [2.05, 4.69) is 30.9 Å². The zero-order valence-electron chi connectivity index (χ0n) is 17.6. The molecule has 3 heterocycles. The van der Waals surface area contributed by atoms with Crippen molar-refractivity contribution in [2.24, 2.45) is 5.92 Å². The van der Waals surface area contributed by atoms with Gasteiger partial charge in [-0.2, -0.15) is 0 Å². The van der Waals surface area contributed by atoms with Crippen molar-refractivity contribution in [3.05, 3.63) is 42.7 Å². The fraction of sp³-hybridized carbons (Fsp3) is 0.364. The first kappa shape index (κ1) is 21.8. The second kappa shape index (κ2) is 9.39. The van der Waals surface area contributed by atoms with E-state index in [0.29, 0.717) is 34.8 Å². The first-order valence-corrected chi connectivity index (χ1v) is 10.3. The molecule has 0 saturated carbocycles. The summed E-state index contributed by atoms with van der Waals surface area (Å²) < 4.78 is 33.9. The number of piperidine rings is 1. The highest BCUT2D eigenvalue weighted by Crippen LogP contribution is 2.32. The summed E-state index contributed by atoms with van der Waals surface area (Å²) in [4.78, 5) is 24.7. The summed E-state index contributed by atoms with van der Waals surface area (Å²) in [5.41, 5.74) is 2.53. The molecule has 0 spiro atoms. The maximum absolute atomic E-state index is 14.2. The van der Waals surface area contributed by atoms with Crippen molar-refractivity contribution in [1.82, 2.24) is 25.6 Å². The molecule has 1 amide bonds. The number of anilines is 1. The molecule has 2 aromatic heterocycles. The van der Waals surface area contributed by atoms with Crippen LogP contribution in [0.2, 0.25) is 0 Å². The minimum Gasteiger partial charge on any atom is -0.484 e. The van der Waals surface area contributed by atoms with Crippen molar-refractivity contribution in [2.75, 3.05) is 38.6 Å². The number of pyridine rings is 1. The van der Waals surface area contributed by atoms with Gasteiger partial charge < -0.3 is 20.7 Å². The Balaban J connectivity index is 1.57. The number of ether oxygens (including phenoxy) is 1. The molecule has 32 heavy (non-hydrogen) atoms. The van der Waals surface area contributed by atoms with E-state index in [9.17, 15) is 13.6 Å². The van der Waals surface area contributed by atoms with E-state index < -0.39 is 11.8 Å². The van der Waals surface area contributed by atoms with Crippen LogP contribution in [0, 0.1) is 5.92 Å². The van der Waals surface area contributed by atoms with E-state index in [4.69, 9.17) is 4.74 Å². The number of halogens is 2. The van der Waals surface area contributed by atoms with E-state index in [0.717, 1.165) is 5.56 Å². The van der Waals surface area contributed by atoms with Gasteiger partial charge in [-0.15, -0.1) is 0 Å². The lowest BCUT2D eigenvalue weighted by molar-refractivity contribution is -0.122. The minimum atomic E-state index is -2.73. The molecule has 1 atom stereocenters. The molecule has 1 aromatic carbocycles. The first-order chi connectivity index (χ1) is 15.5. The van der Waals surface area contributed by atoms with Crippen molar-refractivity contribution in [3.63, 3.8) is 0 Å². The molecular formula is C22H24F2N6O2. The number of fused-ring (bicyclic) bond motifs is 1. The van der Waals surface area contributed by atoms with Crippen molar-refractivity contribution >= 4 is 22.8 Å². The molecule has 4 rings (SSSR count). The van der Waals surface area contributed by atoms with E-state index in [1.165, 1.54) is 0 Å². The number of hydrogen-bond acceptors (Lipinski definition) is 7. The quantitative estimate of drug-likeness (QED) is 0.517. The lowest BCUT2D eigenvalue weighted by Gasteiger charge is -2.32. The summed E-state index contributed by atoms with van der Waals surface area (Å²) >= 11 is 0. The predicted octanol–water partition coefficient (Wildman–Crippen LogP) is 2.47. The van der Waals surface area contributed by atoms with Crippen LogP contribution in [0.3, 0.4) is 0 Å². The van der Waals surface area contributed by atoms with Crippen molar-refractivity contribution in [2.45, 2.75) is 12.3 Å². The van der Waals surface area contributed by atoms with Crippen LogP contribution in [-0.2, 0) is 4.79 Å². The number of hydrogen-bond donors (Lipinski definition) is 3. The number of alkyl halides is 2. The Labute approximate surface area is 183 Å². The highest BCUT2D eigenvalue weighted by Gasteiger charge is 2.41. The molecular weight excluding hydrogens is 418 g/mol. The first-order valence-electron chi connectivity index (χ1n) is 10.3. The number of carbonyl (C=O) groups excluding carboxylic acids is 1. The maximum Gasteiger partial charge on any atom is 0.257 e. The van der Waals surface area contributed by atoms with Gasteiger partial charge in [-0.3, -0.25) is 9.78 Å². The highest BCUT2D eigenvalue weighted by molar-refractivity contribution is 5.88. The number of rotatable bonds is 7. The summed E-state index contributed by atoms with van der Waals surface area (Å²) in [5.74, 6) is -2.85. The van der Waals surface area contributed by atoms with Gasteiger partial charge in [0.25, 0.3) is 11.8 Å². The normalized spacial score (nSPS) is 17.7. The average Bonchev–Trinajstić information content (AvgIpc) is 2.81. The molecule has 0 radical (unpaired) electrons. The van der Waals surface area contributed by atoms with Gasteiger partial charge in [0.1, 0.15) is 11.3 Å². The van der Waals surface area contributed by atoms with Crippen molar-refractivity contribution in [1.29, 1.82) is 0 Å². The van der Waals surface area contributed by atoms with Crippen LogP contribution < -0.4 is 20.7 Å². The van der Waals surface area contributed by atoms with E-state index in [1.54, 1.807) is 37.6 Å². The SMILES string of the molecule is CNC(=O)COc1ccc(-c2cc3nccnc3c(NC[C@H]3CNCCC3(F)F)n2)cc1. The molecule has 0 aliphatic carbocycles. The predicted molar refractivity (Wildman–Crippen MR) is 117 cm³/mol. The van der Waals surface area contributed by atoms with E-state index >= 15 is 0 Å². The number of nitrogens with zero attached hydrogens (tertiary/aromatic N) is 3. The van der Waals surface area contributed by atoms with Gasteiger partial charge in [0.15, 0.2) is 12.4 Å². The van der Waals surface area contributed by atoms with Gasteiger partial charge in [0, 0.05) is 51.1 Å². The lowest BCUT2D eigenvalue weighted by Crippen LogP contribution is -2.47. The zero-order valence-corrected chi connectivity index (χ0v) is 17.6. The standard InChI is InChI=1S/C22H24F2N6O2/c1-25-19(31)13-32-16-4-2-14(3-5-16)17-10-18-20(28-9-8-27-18)21(30-17)29-12-15-11-26-7-6-22(15,23)24/h2-5,8-10,15,26H,6-7,11-13H2,1H3,(H,25,31)(H,29,30)/t15-/m1/s1. The van der Waals surface area contributed by atoms with Crippen molar-refractivity contribution in [3.8, 4) is 17.0 Å². The second-order valence-electron chi connectivity index (χ2n) is 7.56. The third kappa shape index (κ3) is 4.91. The lowest BCUT2D eigenvalue weighted by atomic mass is 9.95. The van der Waals surface area contributed by atoms with E-state index in [1.807, 2.05) is 12.1 Å². The van der Waals surface area contributed by atoms with Crippen LogP contribution in [-0.4, -0.2) is 60.1 Å². The Morgan fingerprint density at radius 1 is 1.25 bits per heavy atom. The number of likely N-dealkylation sites (N-methyl/N-ethyl adjacent to an activating group) is 1. The topological polar surface area (TPSA) is 101 Å². The van der Waals surface area contributed by atoms with Crippen LogP contribution in [0.15, 0.2) is 42.7 Å².